The Morgan fingerprint density at radius 1 is 1.10 bits per heavy atom. The topological polar surface area (TPSA) is 38.9 Å². The van der Waals surface area contributed by atoms with Gasteiger partial charge >= 0.3 is 0 Å². The minimum atomic E-state index is 0.144. The van der Waals surface area contributed by atoms with Crippen LogP contribution in [0.3, 0.4) is 0 Å². The zero-order valence-electron chi connectivity index (χ0n) is 12.7. The molecule has 2 N–H and O–H groups in total. The third-order valence-electron chi connectivity index (χ3n) is 4.50. The maximum Gasteiger partial charge on any atom is 0.0726 e. The van der Waals surface area contributed by atoms with E-state index in [0.717, 1.165) is 16.6 Å². The van der Waals surface area contributed by atoms with Gasteiger partial charge < -0.3 is 5.73 Å². The van der Waals surface area contributed by atoms with Crippen LogP contribution in [0.2, 0.25) is 0 Å². The fourth-order valence-electron chi connectivity index (χ4n) is 3.17. The minimum absolute atomic E-state index is 0.144. The van der Waals surface area contributed by atoms with Crippen LogP contribution in [-0.4, -0.2) is 4.98 Å². The summed E-state index contributed by atoms with van der Waals surface area (Å²) in [7, 11) is 0. The molecule has 2 nitrogen and oxygen atoms in total. The number of hydrogen-bond acceptors (Lipinski definition) is 2. The van der Waals surface area contributed by atoms with E-state index >= 15 is 0 Å². The number of nitrogens with two attached hydrogens (primary N) is 1. The van der Waals surface area contributed by atoms with E-state index in [4.69, 9.17) is 10.7 Å². The maximum absolute atomic E-state index is 6.30. The first-order chi connectivity index (χ1) is 9.45. The summed E-state index contributed by atoms with van der Waals surface area (Å²) < 4.78 is 0. The number of rotatable bonds is 1. The highest BCUT2D eigenvalue weighted by Crippen LogP contribution is 2.36. The van der Waals surface area contributed by atoms with Crippen molar-refractivity contribution < 1.29 is 0 Å². The van der Waals surface area contributed by atoms with Crippen molar-refractivity contribution in [2.45, 2.75) is 57.8 Å². The lowest BCUT2D eigenvalue weighted by atomic mass is 9.86. The number of nitrogens with zero attached hydrogens (tertiary/aromatic N) is 1. The van der Waals surface area contributed by atoms with Gasteiger partial charge in [0.05, 0.1) is 5.52 Å². The number of fused-ring (bicyclic) bond motifs is 1. The third kappa shape index (κ3) is 2.39. The predicted molar refractivity (Wildman–Crippen MR) is 86.1 cm³/mol. The largest absolute Gasteiger partial charge is 0.398 e. The van der Waals surface area contributed by atoms with Gasteiger partial charge in [0, 0.05) is 22.7 Å². The fraction of sp³-hybridized carbons (Fsp3) is 0.500. The number of aromatic nitrogens is 1. The highest BCUT2D eigenvalue weighted by Gasteiger charge is 2.20. The highest BCUT2D eigenvalue weighted by atomic mass is 14.7. The van der Waals surface area contributed by atoms with Gasteiger partial charge in [-0.05, 0) is 42.0 Å². The molecule has 1 aliphatic carbocycles. The summed E-state index contributed by atoms with van der Waals surface area (Å²) in [6.45, 7) is 6.68. The van der Waals surface area contributed by atoms with E-state index in [2.05, 4.69) is 45.0 Å². The minimum Gasteiger partial charge on any atom is -0.398 e. The summed E-state index contributed by atoms with van der Waals surface area (Å²) in [6.07, 6.45) is 5.18. The molecule has 1 saturated carbocycles. The van der Waals surface area contributed by atoms with Crippen molar-refractivity contribution in [2.24, 2.45) is 0 Å². The average molecular weight is 268 g/mol. The van der Waals surface area contributed by atoms with E-state index in [-0.39, 0.29) is 5.41 Å². The molecule has 1 aromatic heterocycles. The lowest BCUT2D eigenvalue weighted by Crippen LogP contribution is -2.11. The predicted octanol–water partition coefficient (Wildman–Crippen LogP) is 4.77. The molecule has 0 bridgehead atoms. The number of anilines is 1. The zero-order valence-corrected chi connectivity index (χ0v) is 12.7. The normalized spacial score (nSPS) is 16.9. The molecule has 0 spiro atoms. The van der Waals surface area contributed by atoms with Crippen molar-refractivity contribution >= 4 is 16.6 Å². The number of pyridine rings is 1. The van der Waals surface area contributed by atoms with Crippen molar-refractivity contribution in [1.82, 2.24) is 4.98 Å². The Morgan fingerprint density at radius 2 is 1.80 bits per heavy atom. The van der Waals surface area contributed by atoms with E-state index in [1.807, 2.05) is 0 Å². The second kappa shape index (κ2) is 4.76. The molecule has 2 aromatic rings. The van der Waals surface area contributed by atoms with E-state index in [0.29, 0.717) is 5.92 Å². The average Bonchev–Trinajstić information content (AvgIpc) is 2.91. The molecule has 20 heavy (non-hydrogen) atoms. The Hall–Kier alpha value is -1.57. The summed E-state index contributed by atoms with van der Waals surface area (Å²) in [5, 5.41) is 1.10. The van der Waals surface area contributed by atoms with Crippen LogP contribution in [0, 0.1) is 0 Å². The molecule has 0 unspecified atom stereocenters. The van der Waals surface area contributed by atoms with Crippen LogP contribution in [0.25, 0.3) is 10.9 Å². The van der Waals surface area contributed by atoms with Gasteiger partial charge in [-0.1, -0.05) is 39.7 Å². The molecule has 0 atom stereocenters. The van der Waals surface area contributed by atoms with E-state index in [9.17, 15) is 0 Å². The third-order valence-corrected chi connectivity index (χ3v) is 4.50. The van der Waals surface area contributed by atoms with Crippen molar-refractivity contribution in [2.75, 3.05) is 5.73 Å². The zero-order chi connectivity index (χ0) is 14.3. The second-order valence-electron chi connectivity index (χ2n) is 7.10. The summed E-state index contributed by atoms with van der Waals surface area (Å²) in [6, 6.07) is 8.62. The van der Waals surface area contributed by atoms with Crippen molar-refractivity contribution in [3.63, 3.8) is 0 Å². The van der Waals surface area contributed by atoms with Crippen LogP contribution in [0.4, 0.5) is 5.69 Å². The molecular weight excluding hydrogens is 244 g/mol. The molecule has 0 amide bonds. The van der Waals surface area contributed by atoms with Crippen LogP contribution in [0.5, 0.6) is 0 Å². The van der Waals surface area contributed by atoms with E-state index in [1.54, 1.807) is 0 Å². The second-order valence-corrected chi connectivity index (χ2v) is 7.10. The van der Waals surface area contributed by atoms with Crippen molar-refractivity contribution in [1.29, 1.82) is 0 Å². The van der Waals surface area contributed by atoms with Crippen LogP contribution in [0.1, 0.15) is 63.6 Å². The number of benzene rings is 1. The molecule has 3 rings (SSSR count). The summed E-state index contributed by atoms with van der Waals surface area (Å²) >= 11 is 0. The van der Waals surface area contributed by atoms with E-state index < -0.39 is 0 Å². The highest BCUT2D eigenvalue weighted by molar-refractivity contribution is 5.91. The first-order valence-corrected chi connectivity index (χ1v) is 7.66. The smallest absolute Gasteiger partial charge is 0.0726 e. The SMILES string of the molecule is CC(C)(C)c1ccc2nc(C3CCCC3)cc(N)c2c1. The lowest BCUT2D eigenvalue weighted by Gasteiger charge is -2.20. The summed E-state index contributed by atoms with van der Waals surface area (Å²) in [5.74, 6) is 0.615. The van der Waals surface area contributed by atoms with Gasteiger partial charge in [-0.25, -0.2) is 0 Å². The van der Waals surface area contributed by atoms with Crippen LogP contribution >= 0.6 is 0 Å². The molecule has 0 aliphatic heterocycles. The summed E-state index contributed by atoms with van der Waals surface area (Å²) in [5.41, 5.74) is 10.9. The molecule has 0 radical (unpaired) electrons. The Balaban J connectivity index is 2.09. The van der Waals surface area contributed by atoms with Crippen LogP contribution in [0.15, 0.2) is 24.3 Å². The molecule has 1 heterocycles. The molecule has 106 valence electrons. The lowest BCUT2D eigenvalue weighted by molar-refractivity contribution is 0.591. The molecule has 1 aliphatic rings. The van der Waals surface area contributed by atoms with Gasteiger partial charge in [-0.15, -0.1) is 0 Å². The monoisotopic (exact) mass is 268 g/mol. The Labute approximate surface area is 121 Å². The van der Waals surface area contributed by atoms with Crippen LogP contribution in [-0.2, 0) is 5.41 Å². The van der Waals surface area contributed by atoms with Gasteiger partial charge in [-0.2, -0.15) is 0 Å². The van der Waals surface area contributed by atoms with Gasteiger partial charge in [0.1, 0.15) is 0 Å². The quantitative estimate of drug-likeness (QED) is 0.809. The molecule has 1 fully saturated rings. The summed E-state index contributed by atoms with van der Waals surface area (Å²) in [4.78, 5) is 4.86. The van der Waals surface area contributed by atoms with Gasteiger partial charge in [0.2, 0.25) is 0 Å². The van der Waals surface area contributed by atoms with Crippen LogP contribution < -0.4 is 5.73 Å². The van der Waals surface area contributed by atoms with Gasteiger partial charge in [0.25, 0.3) is 0 Å². The van der Waals surface area contributed by atoms with Crippen molar-refractivity contribution in [3.05, 3.63) is 35.5 Å². The standard InChI is InChI=1S/C18H24N2/c1-18(2,3)13-8-9-16-14(10-13)15(19)11-17(20-16)12-6-4-5-7-12/h8-12H,4-7H2,1-3H3,(H2,19,20). The van der Waals surface area contributed by atoms with E-state index in [1.165, 1.54) is 36.9 Å². The first-order valence-electron chi connectivity index (χ1n) is 7.66. The molecule has 1 aromatic carbocycles. The Morgan fingerprint density at radius 3 is 2.45 bits per heavy atom. The molecule has 2 heteroatoms. The fourth-order valence-corrected chi connectivity index (χ4v) is 3.17. The molecular formula is C18H24N2. The van der Waals surface area contributed by atoms with Gasteiger partial charge in [-0.3, -0.25) is 4.98 Å². The number of hydrogen-bond donors (Lipinski definition) is 1. The molecule has 0 saturated heterocycles. The first kappa shape index (κ1) is 13.4. The Kier molecular flexibility index (Phi) is 3.19. The maximum atomic E-state index is 6.30. The van der Waals surface area contributed by atoms with Crippen molar-refractivity contribution in [3.8, 4) is 0 Å². The Bertz CT molecular complexity index is 632. The number of nitrogen functional groups attached to an aromatic ring is 1. The van der Waals surface area contributed by atoms with Gasteiger partial charge in [0.15, 0.2) is 0 Å².